The highest BCUT2D eigenvalue weighted by molar-refractivity contribution is 5.89. The van der Waals surface area contributed by atoms with Gasteiger partial charge >= 0.3 is 0 Å². The van der Waals surface area contributed by atoms with Crippen LogP contribution in [0.25, 0.3) is 0 Å². The maximum absolute atomic E-state index is 12.3. The first kappa shape index (κ1) is 12.7. The van der Waals surface area contributed by atoms with Crippen molar-refractivity contribution >= 4 is 5.78 Å². The fraction of sp³-hybridized carbons (Fsp3) is 0.923. The van der Waals surface area contributed by atoms with E-state index in [1.165, 1.54) is 12.8 Å². The van der Waals surface area contributed by atoms with Gasteiger partial charge in [0.05, 0.1) is 6.04 Å². The molecule has 0 unspecified atom stereocenters. The number of carbonyl (C=O) groups excluding carboxylic acids is 1. The average Bonchev–Trinajstić information content (AvgIpc) is 2.77. The molecule has 0 heterocycles. The Kier molecular flexibility index (Phi) is 3.30. The molecular weight excluding hydrogens is 186 g/mol. The summed E-state index contributed by atoms with van der Waals surface area (Å²) in [6, 6.07) is 0.0602. The summed E-state index contributed by atoms with van der Waals surface area (Å²) < 4.78 is 0. The van der Waals surface area contributed by atoms with E-state index < -0.39 is 0 Å². The van der Waals surface area contributed by atoms with Crippen LogP contribution in [0, 0.1) is 11.3 Å². The van der Waals surface area contributed by atoms with E-state index in [2.05, 4.69) is 26.1 Å². The largest absolute Gasteiger partial charge is 0.302 e. The Morgan fingerprint density at radius 2 is 1.60 bits per heavy atom. The highest BCUT2D eigenvalue weighted by Gasteiger charge is 2.41. The van der Waals surface area contributed by atoms with Crippen LogP contribution < -0.4 is 5.32 Å². The van der Waals surface area contributed by atoms with Crippen LogP contribution in [0.1, 0.15) is 54.4 Å². The number of hydrogen-bond donors (Lipinski definition) is 1. The molecule has 1 saturated carbocycles. The molecule has 15 heavy (non-hydrogen) atoms. The monoisotopic (exact) mass is 211 g/mol. The maximum atomic E-state index is 12.3. The zero-order valence-corrected chi connectivity index (χ0v) is 11.0. The number of Topliss-reactive ketones (excluding diaryl/α,β-unsaturated/α-hetero) is 1. The van der Waals surface area contributed by atoms with E-state index in [0.717, 1.165) is 0 Å². The van der Waals surface area contributed by atoms with Crippen LogP contribution in [-0.4, -0.2) is 17.4 Å². The molecule has 0 amide bonds. The molecule has 1 N–H and O–H groups in total. The van der Waals surface area contributed by atoms with E-state index in [-0.39, 0.29) is 17.0 Å². The van der Waals surface area contributed by atoms with E-state index in [1.54, 1.807) is 0 Å². The average molecular weight is 211 g/mol. The van der Waals surface area contributed by atoms with Crippen LogP contribution >= 0.6 is 0 Å². The summed E-state index contributed by atoms with van der Waals surface area (Å²) >= 11 is 0. The van der Waals surface area contributed by atoms with Gasteiger partial charge in [0.25, 0.3) is 0 Å². The van der Waals surface area contributed by atoms with Gasteiger partial charge in [0.1, 0.15) is 0 Å². The second kappa shape index (κ2) is 3.89. The maximum Gasteiger partial charge on any atom is 0.155 e. The van der Waals surface area contributed by atoms with Crippen LogP contribution in [0.3, 0.4) is 0 Å². The Labute approximate surface area is 93.8 Å². The summed E-state index contributed by atoms with van der Waals surface area (Å²) in [5.74, 6) is 0.941. The third-order valence-corrected chi connectivity index (χ3v) is 2.70. The van der Waals surface area contributed by atoms with Gasteiger partial charge in [-0.25, -0.2) is 0 Å². The lowest BCUT2D eigenvalue weighted by Gasteiger charge is -2.31. The van der Waals surface area contributed by atoms with Gasteiger partial charge in [-0.15, -0.1) is 0 Å². The third kappa shape index (κ3) is 3.94. The molecule has 88 valence electrons. The van der Waals surface area contributed by atoms with Gasteiger partial charge < -0.3 is 5.32 Å². The molecule has 1 fully saturated rings. The summed E-state index contributed by atoms with van der Waals surface area (Å²) in [7, 11) is 0. The van der Waals surface area contributed by atoms with Gasteiger partial charge in [0.2, 0.25) is 0 Å². The van der Waals surface area contributed by atoms with Crippen molar-refractivity contribution in [1.82, 2.24) is 5.32 Å². The second-order valence-electron chi connectivity index (χ2n) is 6.82. The lowest BCUT2D eigenvalue weighted by molar-refractivity contribution is -0.129. The van der Waals surface area contributed by atoms with Crippen LogP contribution in [0.5, 0.6) is 0 Å². The molecule has 0 aromatic rings. The van der Waals surface area contributed by atoms with Gasteiger partial charge in [-0.3, -0.25) is 4.79 Å². The predicted octanol–water partition coefficient (Wildman–Crippen LogP) is 2.77. The molecule has 0 aliphatic heterocycles. The SMILES string of the molecule is CC(C)(C)N[C@H](C(=O)C(C)(C)C)C1CC1. The highest BCUT2D eigenvalue weighted by Crippen LogP contribution is 2.36. The van der Waals surface area contributed by atoms with Crippen molar-refractivity contribution in [3.63, 3.8) is 0 Å². The molecule has 0 aromatic carbocycles. The predicted molar refractivity (Wildman–Crippen MR) is 63.9 cm³/mol. The minimum absolute atomic E-state index is 0.0220. The summed E-state index contributed by atoms with van der Waals surface area (Å²) in [4.78, 5) is 12.3. The lowest BCUT2D eigenvalue weighted by Crippen LogP contribution is -2.52. The summed E-state index contributed by atoms with van der Waals surface area (Å²) in [5, 5.41) is 3.47. The molecule has 2 heteroatoms. The number of ketones is 1. The Morgan fingerprint density at radius 1 is 1.13 bits per heavy atom. The first-order chi connectivity index (χ1) is 6.61. The van der Waals surface area contributed by atoms with E-state index in [4.69, 9.17) is 0 Å². The minimum Gasteiger partial charge on any atom is -0.302 e. The van der Waals surface area contributed by atoms with E-state index in [9.17, 15) is 4.79 Å². The van der Waals surface area contributed by atoms with Gasteiger partial charge in [0, 0.05) is 11.0 Å². The zero-order valence-electron chi connectivity index (χ0n) is 11.0. The fourth-order valence-corrected chi connectivity index (χ4v) is 1.76. The molecule has 0 saturated heterocycles. The summed E-state index contributed by atoms with van der Waals surface area (Å²) in [5.41, 5.74) is -0.209. The zero-order chi connectivity index (χ0) is 11.9. The molecular formula is C13H25NO. The quantitative estimate of drug-likeness (QED) is 0.777. The minimum atomic E-state index is -0.231. The van der Waals surface area contributed by atoms with Gasteiger partial charge in [-0.2, -0.15) is 0 Å². The summed E-state index contributed by atoms with van der Waals surface area (Å²) in [6.07, 6.45) is 2.41. The molecule has 0 spiro atoms. The number of nitrogens with one attached hydrogen (secondary N) is 1. The number of rotatable bonds is 3. The molecule has 1 rings (SSSR count). The molecule has 1 aliphatic carbocycles. The normalized spacial score (nSPS) is 20.1. The molecule has 0 aromatic heterocycles. The van der Waals surface area contributed by atoms with Gasteiger partial charge in [-0.1, -0.05) is 20.8 Å². The van der Waals surface area contributed by atoms with Crippen molar-refractivity contribution in [2.24, 2.45) is 11.3 Å². The fourth-order valence-electron chi connectivity index (χ4n) is 1.76. The molecule has 2 nitrogen and oxygen atoms in total. The third-order valence-electron chi connectivity index (χ3n) is 2.70. The van der Waals surface area contributed by atoms with E-state index >= 15 is 0 Å². The van der Waals surface area contributed by atoms with Crippen molar-refractivity contribution in [2.45, 2.75) is 66.0 Å². The van der Waals surface area contributed by atoms with Crippen molar-refractivity contribution in [3.05, 3.63) is 0 Å². The smallest absolute Gasteiger partial charge is 0.155 e. The Hall–Kier alpha value is -0.370. The van der Waals surface area contributed by atoms with E-state index in [0.29, 0.717) is 11.7 Å². The Balaban J connectivity index is 2.71. The highest BCUT2D eigenvalue weighted by atomic mass is 16.1. The standard InChI is InChI=1S/C13H25NO/c1-12(2,3)11(15)10(9-7-8-9)14-13(4,5)6/h9-10,14H,7-8H2,1-6H3/t10-/m0/s1. The first-order valence-electron chi connectivity index (χ1n) is 5.93. The Morgan fingerprint density at radius 3 is 1.87 bits per heavy atom. The number of carbonyl (C=O) groups is 1. The molecule has 1 atom stereocenters. The first-order valence-corrected chi connectivity index (χ1v) is 5.93. The molecule has 0 bridgehead atoms. The second-order valence-corrected chi connectivity index (χ2v) is 6.82. The molecule has 0 radical (unpaired) electrons. The van der Waals surface area contributed by atoms with Crippen molar-refractivity contribution in [3.8, 4) is 0 Å². The van der Waals surface area contributed by atoms with Crippen molar-refractivity contribution in [1.29, 1.82) is 0 Å². The van der Waals surface area contributed by atoms with Gasteiger partial charge in [0.15, 0.2) is 5.78 Å². The Bertz CT molecular complexity index is 240. The van der Waals surface area contributed by atoms with Crippen molar-refractivity contribution < 1.29 is 4.79 Å². The lowest BCUT2D eigenvalue weighted by atomic mass is 9.84. The number of hydrogen-bond acceptors (Lipinski definition) is 2. The molecule has 1 aliphatic rings. The van der Waals surface area contributed by atoms with Crippen LogP contribution in [0.15, 0.2) is 0 Å². The van der Waals surface area contributed by atoms with Crippen molar-refractivity contribution in [2.75, 3.05) is 0 Å². The summed E-state index contributed by atoms with van der Waals surface area (Å²) in [6.45, 7) is 12.4. The topological polar surface area (TPSA) is 29.1 Å². The van der Waals surface area contributed by atoms with E-state index in [1.807, 2.05) is 20.8 Å². The van der Waals surface area contributed by atoms with Gasteiger partial charge in [-0.05, 0) is 39.5 Å². The van der Waals surface area contributed by atoms with Crippen LogP contribution in [-0.2, 0) is 4.79 Å². The van der Waals surface area contributed by atoms with Crippen LogP contribution in [0.4, 0.5) is 0 Å². The van der Waals surface area contributed by atoms with Crippen LogP contribution in [0.2, 0.25) is 0 Å².